The molecule has 1 unspecified atom stereocenters. The highest BCUT2D eigenvalue weighted by Crippen LogP contribution is 2.15. The fourth-order valence-electron chi connectivity index (χ4n) is 1.67. The van der Waals surface area contributed by atoms with Gasteiger partial charge in [0.05, 0.1) is 0 Å². The van der Waals surface area contributed by atoms with Gasteiger partial charge in [-0.3, -0.25) is 4.79 Å². The lowest BCUT2D eigenvalue weighted by atomic mass is 10.2. The third-order valence-electron chi connectivity index (χ3n) is 2.55. The van der Waals surface area contributed by atoms with E-state index in [0.717, 1.165) is 25.0 Å². The molecule has 1 heterocycles. The van der Waals surface area contributed by atoms with Crippen LogP contribution in [-0.4, -0.2) is 37.2 Å². The summed E-state index contributed by atoms with van der Waals surface area (Å²) in [6.07, 6.45) is 1.62. The third-order valence-corrected chi connectivity index (χ3v) is 4.02. The fraction of sp³-hybridized carbons (Fsp3) is 0.500. The van der Waals surface area contributed by atoms with Gasteiger partial charge in [-0.05, 0) is 25.5 Å². The Morgan fingerprint density at radius 2 is 2.05 bits per heavy atom. The second kappa shape index (κ2) is 6.56. The van der Waals surface area contributed by atoms with Crippen molar-refractivity contribution >= 4 is 21.7 Å². The summed E-state index contributed by atoms with van der Waals surface area (Å²) in [4.78, 5) is 22.2. The molecule has 0 saturated carbocycles. The second-order valence-corrected chi connectivity index (χ2v) is 6.36. The number of aromatic carboxylic acids is 1. The number of carboxylic acid groups (broad SMARTS) is 1. The molecule has 8 heteroatoms. The molecule has 1 rings (SSSR count). The van der Waals surface area contributed by atoms with Crippen LogP contribution in [0, 0.1) is 0 Å². The number of amides is 1. The summed E-state index contributed by atoms with van der Waals surface area (Å²) in [6, 6.07) is 1.95. The minimum Gasteiger partial charge on any atom is -0.475 e. The molecule has 0 aliphatic carbocycles. The molecule has 7 nitrogen and oxygen atoms in total. The van der Waals surface area contributed by atoms with Crippen molar-refractivity contribution in [3.05, 3.63) is 17.9 Å². The monoisotopic (exact) mass is 303 g/mol. The Morgan fingerprint density at radius 3 is 2.55 bits per heavy atom. The van der Waals surface area contributed by atoms with Crippen LogP contribution in [0.2, 0.25) is 0 Å². The van der Waals surface area contributed by atoms with E-state index < -0.39 is 38.3 Å². The van der Waals surface area contributed by atoms with Crippen LogP contribution in [0.15, 0.2) is 21.6 Å². The van der Waals surface area contributed by atoms with Gasteiger partial charge in [0, 0.05) is 6.04 Å². The fourth-order valence-corrected chi connectivity index (χ4v) is 2.73. The van der Waals surface area contributed by atoms with Gasteiger partial charge in [-0.15, -0.1) is 0 Å². The summed E-state index contributed by atoms with van der Waals surface area (Å²) in [7, 11) is -3.97. The van der Waals surface area contributed by atoms with Gasteiger partial charge in [-0.1, -0.05) is 13.3 Å². The zero-order valence-corrected chi connectivity index (χ0v) is 12.1. The van der Waals surface area contributed by atoms with Crippen molar-refractivity contribution in [2.75, 3.05) is 5.75 Å². The van der Waals surface area contributed by atoms with Crippen molar-refractivity contribution in [1.82, 2.24) is 5.32 Å². The largest absolute Gasteiger partial charge is 0.475 e. The van der Waals surface area contributed by atoms with E-state index in [0.29, 0.717) is 0 Å². The quantitative estimate of drug-likeness (QED) is 0.778. The highest BCUT2D eigenvalue weighted by atomic mass is 32.2. The highest BCUT2D eigenvalue weighted by molar-refractivity contribution is 7.92. The van der Waals surface area contributed by atoms with Crippen LogP contribution in [0.4, 0.5) is 0 Å². The number of sulfone groups is 1. The molecule has 20 heavy (non-hydrogen) atoms. The van der Waals surface area contributed by atoms with E-state index in [1.165, 1.54) is 0 Å². The van der Waals surface area contributed by atoms with Gasteiger partial charge < -0.3 is 14.8 Å². The Kier molecular flexibility index (Phi) is 5.32. The summed E-state index contributed by atoms with van der Waals surface area (Å²) in [5.74, 6) is -3.26. The molecule has 2 N–H and O–H groups in total. The molecule has 0 fully saturated rings. The maximum atomic E-state index is 11.9. The predicted octanol–water partition coefficient (Wildman–Crippen LogP) is 1.06. The van der Waals surface area contributed by atoms with Crippen LogP contribution in [0.3, 0.4) is 0 Å². The van der Waals surface area contributed by atoms with E-state index in [1.807, 2.05) is 6.92 Å². The number of hydrogen-bond donors (Lipinski definition) is 2. The van der Waals surface area contributed by atoms with Gasteiger partial charge >= 0.3 is 5.97 Å². The van der Waals surface area contributed by atoms with Crippen molar-refractivity contribution in [3.63, 3.8) is 0 Å². The molecular weight excluding hydrogens is 286 g/mol. The average Bonchev–Trinajstić information content (AvgIpc) is 2.77. The van der Waals surface area contributed by atoms with Crippen LogP contribution in [-0.2, 0) is 14.6 Å². The van der Waals surface area contributed by atoms with Crippen LogP contribution in [0.5, 0.6) is 0 Å². The number of carbonyl (C=O) groups excluding carboxylic acids is 1. The van der Waals surface area contributed by atoms with Gasteiger partial charge in [0.1, 0.15) is 5.75 Å². The Balaban J connectivity index is 2.74. The molecule has 0 spiro atoms. The number of carboxylic acids is 1. The van der Waals surface area contributed by atoms with Crippen molar-refractivity contribution in [3.8, 4) is 0 Å². The van der Waals surface area contributed by atoms with Crippen molar-refractivity contribution in [1.29, 1.82) is 0 Å². The van der Waals surface area contributed by atoms with E-state index in [4.69, 9.17) is 9.52 Å². The average molecular weight is 303 g/mol. The number of furan rings is 1. The zero-order valence-electron chi connectivity index (χ0n) is 11.3. The van der Waals surface area contributed by atoms with Gasteiger partial charge in [0.15, 0.2) is 0 Å². The third kappa shape index (κ3) is 4.37. The summed E-state index contributed by atoms with van der Waals surface area (Å²) < 4.78 is 28.4. The molecule has 0 bridgehead atoms. The molecule has 0 saturated heterocycles. The van der Waals surface area contributed by atoms with E-state index >= 15 is 0 Å². The molecule has 0 aliphatic rings. The van der Waals surface area contributed by atoms with Crippen molar-refractivity contribution in [2.24, 2.45) is 0 Å². The number of nitrogens with one attached hydrogen (secondary N) is 1. The Labute approximate surface area is 116 Å². The maximum absolute atomic E-state index is 11.9. The molecule has 112 valence electrons. The van der Waals surface area contributed by atoms with Gasteiger partial charge in [0.25, 0.3) is 0 Å². The first-order valence-electron chi connectivity index (χ1n) is 6.11. The van der Waals surface area contributed by atoms with Gasteiger partial charge in [-0.25, -0.2) is 13.2 Å². The molecule has 0 aliphatic heterocycles. The van der Waals surface area contributed by atoms with E-state index in [-0.39, 0.29) is 6.04 Å². The van der Waals surface area contributed by atoms with E-state index in [2.05, 4.69) is 5.32 Å². The molecular formula is C12H17NO6S. The SMILES string of the molecule is CCCC(C)NC(=O)CS(=O)(=O)c1ccc(C(=O)O)o1. The molecule has 0 radical (unpaired) electrons. The van der Waals surface area contributed by atoms with Gasteiger partial charge in [-0.2, -0.15) is 0 Å². The minimum absolute atomic E-state index is 0.117. The smallest absolute Gasteiger partial charge is 0.371 e. The normalized spacial score (nSPS) is 12.9. The predicted molar refractivity (Wildman–Crippen MR) is 70.2 cm³/mol. The lowest BCUT2D eigenvalue weighted by Gasteiger charge is -2.12. The molecule has 1 aromatic heterocycles. The molecule has 1 amide bonds. The van der Waals surface area contributed by atoms with Gasteiger partial charge in [0.2, 0.25) is 26.6 Å². The summed E-state index contributed by atoms with van der Waals surface area (Å²) in [5, 5.41) is 10.7. The number of rotatable bonds is 7. The second-order valence-electron chi connectivity index (χ2n) is 4.44. The zero-order chi connectivity index (χ0) is 15.3. The Bertz CT molecular complexity index is 589. The Morgan fingerprint density at radius 1 is 1.40 bits per heavy atom. The number of hydrogen-bond acceptors (Lipinski definition) is 5. The molecule has 1 atom stereocenters. The first kappa shape index (κ1) is 16.2. The van der Waals surface area contributed by atoms with Crippen LogP contribution in [0.1, 0.15) is 37.2 Å². The van der Waals surface area contributed by atoms with Crippen LogP contribution in [0.25, 0.3) is 0 Å². The van der Waals surface area contributed by atoms with Crippen LogP contribution < -0.4 is 5.32 Å². The first-order chi connectivity index (χ1) is 9.26. The van der Waals surface area contributed by atoms with E-state index in [9.17, 15) is 18.0 Å². The lowest BCUT2D eigenvalue weighted by molar-refractivity contribution is -0.119. The van der Waals surface area contributed by atoms with E-state index in [1.54, 1.807) is 6.92 Å². The molecule has 1 aromatic rings. The summed E-state index contributed by atoms with van der Waals surface area (Å²) in [6.45, 7) is 3.74. The van der Waals surface area contributed by atoms with Crippen LogP contribution >= 0.6 is 0 Å². The summed E-state index contributed by atoms with van der Waals surface area (Å²) >= 11 is 0. The minimum atomic E-state index is -3.97. The number of carbonyl (C=O) groups is 2. The lowest BCUT2D eigenvalue weighted by Crippen LogP contribution is -2.36. The first-order valence-corrected chi connectivity index (χ1v) is 7.76. The standard InChI is InChI=1S/C12H17NO6S/c1-3-4-8(2)13-10(14)7-20(17,18)11-6-5-9(19-11)12(15)16/h5-6,8H,3-4,7H2,1-2H3,(H,13,14)(H,15,16). The van der Waals surface area contributed by atoms with Crippen molar-refractivity contribution < 1.29 is 27.5 Å². The maximum Gasteiger partial charge on any atom is 0.371 e. The molecule has 0 aromatic carbocycles. The summed E-state index contributed by atoms with van der Waals surface area (Å²) in [5.41, 5.74) is 0. The van der Waals surface area contributed by atoms with Crippen molar-refractivity contribution in [2.45, 2.75) is 37.8 Å². The Hall–Kier alpha value is -1.83. The topological polar surface area (TPSA) is 114 Å². The highest BCUT2D eigenvalue weighted by Gasteiger charge is 2.24.